The van der Waals surface area contributed by atoms with Crippen molar-refractivity contribution in [2.24, 2.45) is 11.3 Å². The second kappa shape index (κ2) is 18.9. The van der Waals surface area contributed by atoms with Crippen LogP contribution in [0.1, 0.15) is 80.3 Å². The average Bonchev–Trinajstić information content (AvgIpc) is 3.63. The minimum Gasteiger partial charge on any atom is -1.00 e. The third-order valence-corrected chi connectivity index (χ3v) is 10.7. The summed E-state index contributed by atoms with van der Waals surface area (Å²) in [7, 11) is 0. The molecule has 0 N–H and O–H groups in total. The predicted octanol–water partition coefficient (Wildman–Crippen LogP) is 7.20. The maximum atomic E-state index is 5.86. The zero-order chi connectivity index (χ0) is 33.6. The molecule has 5 heteroatoms. The molecular formula is C43H46Cl4Zr-2. The van der Waals surface area contributed by atoms with Crippen LogP contribution in [0, 0.1) is 45.1 Å². The van der Waals surface area contributed by atoms with Crippen LogP contribution in [0.15, 0.2) is 96.6 Å². The van der Waals surface area contributed by atoms with E-state index in [2.05, 4.69) is 104 Å². The maximum Gasteiger partial charge on any atom is -1.00 e. The molecule has 0 bridgehead atoms. The number of rotatable bonds is 5. The number of fused-ring (bicyclic) bond motifs is 3. The Balaban J connectivity index is 0.000000248. The summed E-state index contributed by atoms with van der Waals surface area (Å²) in [4.78, 5) is 0. The van der Waals surface area contributed by atoms with Crippen molar-refractivity contribution in [2.45, 2.75) is 74.7 Å². The van der Waals surface area contributed by atoms with Crippen LogP contribution in [0.4, 0.5) is 0 Å². The van der Waals surface area contributed by atoms with Crippen molar-refractivity contribution in [2.75, 3.05) is 0 Å². The van der Waals surface area contributed by atoms with Crippen molar-refractivity contribution in [3.63, 3.8) is 0 Å². The van der Waals surface area contributed by atoms with Crippen LogP contribution in [0.2, 0.25) is 10.0 Å². The number of hydrogen-bond acceptors (Lipinski definition) is 0. The maximum absolute atomic E-state index is 5.86. The van der Waals surface area contributed by atoms with Crippen LogP contribution < -0.4 is 24.8 Å². The first-order valence-electron chi connectivity index (χ1n) is 16.3. The smallest absolute Gasteiger partial charge is 1.00 e. The van der Waals surface area contributed by atoms with Crippen molar-refractivity contribution in [1.29, 1.82) is 0 Å². The molecule has 5 aromatic carbocycles. The molecule has 0 spiro atoms. The van der Waals surface area contributed by atoms with E-state index in [1.54, 1.807) is 0 Å². The average molecular weight is 796 g/mol. The third-order valence-electron chi connectivity index (χ3n) is 8.77. The summed E-state index contributed by atoms with van der Waals surface area (Å²) >= 11 is 13.1. The molecule has 0 heterocycles. The van der Waals surface area contributed by atoms with Gasteiger partial charge in [0, 0.05) is 0 Å². The Bertz CT molecular complexity index is 1760. The molecule has 0 saturated carbocycles. The van der Waals surface area contributed by atoms with E-state index in [1.807, 2.05) is 48.5 Å². The minimum absolute atomic E-state index is 0. The third kappa shape index (κ3) is 11.3. The Hall–Kier alpha value is -1.86. The fraction of sp³-hybridized carbons (Fsp3) is 0.302. The second-order valence-corrected chi connectivity index (χ2v) is 15.6. The van der Waals surface area contributed by atoms with Gasteiger partial charge < -0.3 is 24.8 Å². The van der Waals surface area contributed by atoms with Gasteiger partial charge >= 0.3 is 120 Å². The molecule has 5 aromatic rings. The van der Waals surface area contributed by atoms with Gasteiger partial charge in [-0.2, -0.15) is 11.6 Å². The van der Waals surface area contributed by atoms with Crippen molar-refractivity contribution in [3.8, 4) is 0 Å². The number of aryl methyl sites for hydroxylation is 4. The summed E-state index contributed by atoms with van der Waals surface area (Å²) in [6.07, 6.45) is 11.9. The van der Waals surface area contributed by atoms with E-state index in [9.17, 15) is 0 Å². The van der Waals surface area contributed by atoms with Gasteiger partial charge in [-0.25, -0.2) is 6.08 Å². The van der Waals surface area contributed by atoms with Crippen molar-refractivity contribution in [3.05, 3.63) is 146 Å². The van der Waals surface area contributed by atoms with Crippen LogP contribution in [0.25, 0.3) is 21.5 Å². The quantitative estimate of drug-likeness (QED) is 0.165. The van der Waals surface area contributed by atoms with Gasteiger partial charge in [-0.3, -0.25) is 6.08 Å². The molecule has 0 aliphatic heterocycles. The molecule has 1 atom stereocenters. The monoisotopic (exact) mass is 792 g/mol. The molecule has 6 rings (SSSR count). The van der Waals surface area contributed by atoms with Crippen molar-refractivity contribution >= 4 is 48.0 Å². The molecule has 0 radical (unpaired) electrons. The zero-order valence-electron chi connectivity index (χ0n) is 29.4. The number of hydrogen-bond donors (Lipinski definition) is 0. The number of unbranched alkanes of at least 4 members (excludes halogenated alkanes) is 1. The van der Waals surface area contributed by atoms with Crippen LogP contribution in [-0.2, 0) is 24.2 Å². The second-order valence-electron chi connectivity index (χ2n) is 13.5. The van der Waals surface area contributed by atoms with Crippen molar-refractivity contribution in [1.82, 2.24) is 0 Å². The first-order chi connectivity index (χ1) is 21.8. The molecular weight excluding hydrogens is 750 g/mol. The Morgan fingerprint density at radius 1 is 0.729 bits per heavy atom. The fourth-order valence-electron chi connectivity index (χ4n) is 5.52. The van der Waals surface area contributed by atoms with Crippen LogP contribution in [-0.4, -0.2) is 3.21 Å². The molecule has 252 valence electrons. The number of benzene rings is 4. The van der Waals surface area contributed by atoms with Crippen LogP contribution >= 0.6 is 23.2 Å². The van der Waals surface area contributed by atoms with Gasteiger partial charge in [0.15, 0.2) is 0 Å². The van der Waals surface area contributed by atoms with E-state index in [4.69, 9.17) is 23.2 Å². The van der Waals surface area contributed by atoms with E-state index in [0.717, 1.165) is 10.0 Å². The Morgan fingerprint density at radius 2 is 1.15 bits per heavy atom. The summed E-state index contributed by atoms with van der Waals surface area (Å²) in [6.45, 7) is 17.8. The van der Waals surface area contributed by atoms with Gasteiger partial charge in [0.05, 0.1) is 0 Å². The van der Waals surface area contributed by atoms with E-state index < -0.39 is 0 Å². The molecule has 0 aromatic heterocycles. The first kappa shape index (κ1) is 42.3. The first-order valence-corrected chi connectivity index (χ1v) is 18.2. The number of halogens is 4. The molecule has 0 amide bonds. The molecule has 0 fully saturated rings. The largest absolute Gasteiger partial charge is 1.00 e. The SMILES string of the molecule is CCCCC1[C-]=CC(C(C)(C)C)=C1.Cc1cc2[cH-]c3cc(C)c(C)cc3c2cc1C.Clc1ccc([C](=[Zr+2])c2ccc(Cl)cc2)cc1.[Cl-].[Cl-]. The molecule has 1 aliphatic carbocycles. The molecule has 48 heavy (non-hydrogen) atoms. The van der Waals surface area contributed by atoms with Crippen LogP contribution in [0.5, 0.6) is 0 Å². The molecule has 0 saturated heterocycles. The van der Waals surface area contributed by atoms with Gasteiger partial charge in [0.25, 0.3) is 0 Å². The summed E-state index contributed by atoms with van der Waals surface area (Å²) < 4.78 is 1.31. The normalized spacial score (nSPS) is 13.5. The van der Waals surface area contributed by atoms with Gasteiger partial charge in [0.1, 0.15) is 0 Å². The zero-order valence-corrected chi connectivity index (χ0v) is 34.9. The number of allylic oxidation sites excluding steroid dienone is 4. The van der Waals surface area contributed by atoms with E-state index in [1.165, 1.54) is 107 Å². The standard InChI is InChI=1S/C17H17.C13H8Cl2.C13H21.2ClH.Zr/c1-10-5-14-9-15-6-11(2)13(4)8-17(15)16(14)7-12(10)3;14-12-5-1-10(2-6-12)9-11-3-7-13(15)8-4-11;1-5-6-7-11-8-9-12(10-11)13(2,3)4;;;/h5-9H,1-4H3;1-8H;9-11H,5-7H2,1-4H3;2*1H;/q-1;;-1;;;+2/p-2. The Morgan fingerprint density at radius 3 is 1.52 bits per heavy atom. The van der Waals surface area contributed by atoms with E-state index in [0.29, 0.717) is 11.3 Å². The minimum atomic E-state index is 0. The van der Waals surface area contributed by atoms with Gasteiger partial charge in [-0.05, 0) is 27.7 Å². The fourth-order valence-corrected chi connectivity index (χ4v) is 6.59. The van der Waals surface area contributed by atoms with Gasteiger partial charge in [-0.15, -0.1) is 39.7 Å². The summed E-state index contributed by atoms with van der Waals surface area (Å²) in [5, 5.41) is 7.06. The van der Waals surface area contributed by atoms with E-state index >= 15 is 0 Å². The van der Waals surface area contributed by atoms with Gasteiger partial charge in [0.2, 0.25) is 0 Å². The Labute approximate surface area is 326 Å². The van der Waals surface area contributed by atoms with Gasteiger partial charge in [-0.1, -0.05) is 92.7 Å². The van der Waals surface area contributed by atoms with E-state index in [-0.39, 0.29) is 24.8 Å². The molecule has 0 nitrogen and oxygen atoms in total. The van der Waals surface area contributed by atoms with Crippen LogP contribution in [0.3, 0.4) is 0 Å². The summed E-state index contributed by atoms with van der Waals surface area (Å²) in [5.74, 6) is 0.592. The summed E-state index contributed by atoms with van der Waals surface area (Å²) in [5.41, 5.74) is 9.69. The predicted molar refractivity (Wildman–Crippen MR) is 200 cm³/mol. The Kier molecular flexibility index (Phi) is 16.7. The molecule has 1 aliphatic rings. The van der Waals surface area contributed by atoms with Crippen molar-refractivity contribution < 1.29 is 49.0 Å². The molecule has 1 unspecified atom stereocenters. The topological polar surface area (TPSA) is 0 Å². The summed E-state index contributed by atoms with van der Waals surface area (Å²) in [6, 6.07) is 27.4.